The number of rotatable bonds is 3. The molecule has 0 aromatic rings. The molecule has 1 N–H and O–H groups in total. The maximum atomic E-state index is 12.8. The van der Waals surface area contributed by atoms with Crippen LogP contribution in [0.4, 0.5) is 18.0 Å². The molecule has 0 atom stereocenters. The first-order valence-electron chi connectivity index (χ1n) is 6.00. The van der Waals surface area contributed by atoms with Crippen LogP contribution < -0.4 is 5.32 Å². The van der Waals surface area contributed by atoms with Crippen LogP contribution in [-0.4, -0.2) is 30.2 Å². The maximum absolute atomic E-state index is 12.8. The number of Topliss-reactive ketones (excluding diaryl/α,β-unsaturated/α-hetero) is 1. The third kappa shape index (κ3) is 4.11. The van der Waals surface area contributed by atoms with Crippen molar-refractivity contribution in [3.05, 3.63) is 0 Å². The summed E-state index contributed by atoms with van der Waals surface area (Å²) in [4.78, 5) is 22.1. The Morgan fingerprint density at radius 2 is 1.84 bits per heavy atom. The van der Waals surface area contributed by atoms with Crippen molar-refractivity contribution in [1.82, 2.24) is 5.32 Å². The molecular weight excluding hydrogens is 263 g/mol. The standard InChI is InChI=1S/C12H18F3NO3/c1-10(2,3)19-9(18)16-5-4-11(12(13,14)15)6-8(17)7-11/h4-7H2,1-3H3,(H,16,18). The summed E-state index contributed by atoms with van der Waals surface area (Å²) in [5.41, 5.74) is -2.67. The van der Waals surface area contributed by atoms with Crippen molar-refractivity contribution in [1.29, 1.82) is 0 Å². The van der Waals surface area contributed by atoms with E-state index in [1.807, 2.05) is 0 Å². The van der Waals surface area contributed by atoms with Gasteiger partial charge in [0, 0.05) is 19.4 Å². The Hall–Kier alpha value is -1.27. The molecule has 0 radical (unpaired) electrons. The highest BCUT2D eigenvalue weighted by atomic mass is 19.4. The number of nitrogens with one attached hydrogen (secondary N) is 1. The summed E-state index contributed by atoms with van der Waals surface area (Å²) in [6, 6.07) is 0. The van der Waals surface area contributed by atoms with Crippen LogP contribution in [0.2, 0.25) is 0 Å². The lowest BCUT2D eigenvalue weighted by atomic mass is 9.65. The van der Waals surface area contributed by atoms with E-state index in [1.165, 1.54) is 0 Å². The first-order chi connectivity index (χ1) is 8.45. The quantitative estimate of drug-likeness (QED) is 0.865. The molecular formula is C12H18F3NO3. The van der Waals surface area contributed by atoms with Crippen molar-refractivity contribution in [2.24, 2.45) is 5.41 Å². The number of amides is 1. The number of hydrogen-bond acceptors (Lipinski definition) is 3. The number of alkyl halides is 3. The third-order valence-electron chi connectivity index (χ3n) is 2.94. The van der Waals surface area contributed by atoms with E-state index in [0.29, 0.717) is 0 Å². The molecule has 1 aliphatic carbocycles. The van der Waals surface area contributed by atoms with E-state index in [1.54, 1.807) is 20.8 Å². The molecule has 0 unspecified atom stereocenters. The van der Waals surface area contributed by atoms with Gasteiger partial charge in [0.2, 0.25) is 0 Å². The van der Waals surface area contributed by atoms with E-state index in [-0.39, 0.29) is 13.0 Å². The van der Waals surface area contributed by atoms with Crippen LogP contribution in [-0.2, 0) is 9.53 Å². The Morgan fingerprint density at radius 1 is 1.32 bits per heavy atom. The Balaban J connectivity index is 2.43. The van der Waals surface area contributed by atoms with Gasteiger partial charge in [-0.25, -0.2) is 4.79 Å². The van der Waals surface area contributed by atoms with Crippen molar-refractivity contribution in [3.8, 4) is 0 Å². The van der Waals surface area contributed by atoms with Crippen LogP contribution in [0.5, 0.6) is 0 Å². The van der Waals surface area contributed by atoms with Gasteiger partial charge in [0.25, 0.3) is 0 Å². The van der Waals surface area contributed by atoms with Crippen molar-refractivity contribution in [2.75, 3.05) is 6.54 Å². The lowest BCUT2D eigenvalue weighted by molar-refractivity contribution is -0.245. The fraction of sp³-hybridized carbons (Fsp3) is 0.833. The molecule has 4 nitrogen and oxygen atoms in total. The van der Waals surface area contributed by atoms with Gasteiger partial charge >= 0.3 is 12.3 Å². The summed E-state index contributed by atoms with van der Waals surface area (Å²) in [6.45, 7) is 4.82. The maximum Gasteiger partial charge on any atom is 0.407 e. The normalized spacial score (nSPS) is 18.7. The average molecular weight is 281 g/mol. The Morgan fingerprint density at radius 3 is 2.21 bits per heavy atom. The molecule has 110 valence electrons. The molecule has 0 heterocycles. The second-order valence-corrected chi connectivity index (χ2v) is 5.85. The monoisotopic (exact) mass is 281 g/mol. The van der Waals surface area contributed by atoms with Crippen LogP contribution in [0.1, 0.15) is 40.0 Å². The number of alkyl carbamates (subject to hydrolysis) is 1. The average Bonchev–Trinajstić information content (AvgIpc) is 2.09. The summed E-state index contributed by atoms with van der Waals surface area (Å²) >= 11 is 0. The van der Waals surface area contributed by atoms with E-state index in [4.69, 9.17) is 4.74 Å². The molecule has 1 amide bonds. The Kier molecular flexibility index (Phi) is 4.17. The molecule has 1 aliphatic rings. The summed E-state index contributed by atoms with van der Waals surface area (Å²) in [5, 5.41) is 2.28. The minimum atomic E-state index is -4.42. The number of ether oxygens (including phenoxy) is 1. The van der Waals surface area contributed by atoms with E-state index in [0.717, 1.165) is 0 Å². The van der Waals surface area contributed by atoms with Gasteiger partial charge in [-0.3, -0.25) is 4.79 Å². The zero-order chi connectivity index (χ0) is 14.9. The first-order valence-corrected chi connectivity index (χ1v) is 6.00. The SMILES string of the molecule is CC(C)(C)OC(=O)NCCC1(C(F)(F)F)CC(=O)C1. The molecule has 0 aliphatic heterocycles. The molecule has 0 bridgehead atoms. The van der Waals surface area contributed by atoms with Crippen LogP contribution in [0.15, 0.2) is 0 Å². The zero-order valence-electron chi connectivity index (χ0n) is 11.2. The largest absolute Gasteiger partial charge is 0.444 e. The van der Waals surface area contributed by atoms with Crippen molar-refractivity contribution in [2.45, 2.75) is 51.8 Å². The molecule has 0 spiro atoms. The number of ketones is 1. The highest BCUT2D eigenvalue weighted by Gasteiger charge is 2.61. The van der Waals surface area contributed by atoms with E-state index in [9.17, 15) is 22.8 Å². The molecule has 0 saturated heterocycles. The highest BCUT2D eigenvalue weighted by Crippen LogP contribution is 2.53. The van der Waals surface area contributed by atoms with Gasteiger partial charge in [0.05, 0.1) is 5.41 Å². The molecule has 1 rings (SSSR count). The number of halogens is 3. The van der Waals surface area contributed by atoms with Crippen molar-refractivity contribution >= 4 is 11.9 Å². The lowest BCUT2D eigenvalue weighted by Gasteiger charge is -2.41. The molecule has 1 fully saturated rings. The van der Waals surface area contributed by atoms with Gasteiger partial charge in [0.15, 0.2) is 0 Å². The number of hydrogen-bond donors (Lipinski definition) is 1. The molecule has 7 heteroatoms. The lowest BCUT2D eigenvalue weighted by Crippen LogP contribution is -2.51. The zero-order valence-corrected chi connectivity index (χ0v) is 11.2. The summed E-state index contributed by atoms with van der Waals surface area (Å²) in [7, 11) is 0. The topological polar surface area (TPSA) is 55.4 Å². The third-order valence-corrected chi connectivity index (χ3v) is 2.94. The number of carbonyl (C=O) groups excluding carboxylic acids is 2. The van der Waals surface area contributed by atoms with Gasteiger partial charge in [-0.2, -0.15) is 13.2 Å². The second kappa shape index (κ2) is 5.02. The predicted octanol–water partition coefficient (Wildman–Crippen LogP) is 2.81. The van der Waals surface area contributed by atoms with E-state index >= 15 is 0 Å². The van der Waals surface area contributed by atoms with Crippen LogP contribution in [0, 0.1) is 5.41 Å². The van der Waals surface area contributed by atoms with Crippen LogP contribution >= 0.6 is 0 Å². The second-order valence-electron chi connectivity index (χ2n) is 5.85. The minimum Gasteiger partial charge on any atom is -0.444 e. The highest BCUT2D eigenvalue weighted by molar-refractivity contribution is 5.86. The number of carbonyl (C=O) groups is 2. The predicted molar refractivity (Wildman–Crippen MR) is 61.6 cm³/mol. The fourth-order valence-electron chi connectivity index (χ4n) is 1.94. The fourth-order valence-corrected chi connectivity index (χ4v) is 1.94. The Bertz CT molecular complexity index is 363. The van der Waals surface area contributed by atoms with Gasteiger partial charge < -0.3 is 10.1 Å². The van der Waals surface area contributed by atoms with Gasteiger partial charge in [-0.1, -0.05) is 0 Å². The van der Waals surface area contributed by atoms with Crippen LogP contribution in [0.3, 0.4) is 0 Å². The van der Waals surface area contributed by atoms with Gasteiger partial charge in [-0.15, -0.1) is 0 Å². The Labute approximate surface area is 109 Å². The van der Waals surface area contributed by atoms with Crippen LogP contribution in [0.25, 0.3) is 0 Å². The first kappa shape index (κ1) is 15.8. The van der Waals surface area contributed by atoms with E-state index in [2.05, 4.69) is 5.32 Å². The minimum absolute atomic E-state index is 0.165. The van der Waals surface area contributed by atoms with Gasteiger partial charge in [-0.05, 0) is 27.2 Å². The summed E-state index contributed by atoms with van der Waals surface area (Å²) < 4.78 is 43.4. The van der Waals surface area contributed by atoms with Gasteiger partial charge in [0.1, 0.15) is 11.4 Å². The summed E-state index contributed by atoms with van der Waals surface area (Å²) in [5.74, 6) is -0.394. The van der Waals surface area contributed by atoms with E-state index < -0.39 is 41.9 Å². The molecule has 1 saturated carbocycles. The smallest absolute Gasteiger partial charge is 0.407 e. The van der Waals surface area contributed by atoms with Crippen molar-refractivity contribution in [3.63, 3.8) is 0 Å². The summed E-state index contributed by atoms with van der Waals surface area (Å²) in [6.07, 6.45) is -6.47. The molecule has 0 aromatic carbocycles. The molecule has 19 heavy (non-hydrogen) atoms. The molecule has 0 aromatic heterocycles. The van der Waals surface area contributed by atoms with Crippen molar-refractivity contribution < 1.29 is 27.5 Å².